The molecule has 0 radical (unpaired) electrons. The van der Waals surface area contributed by atoms with Crippen LogP contribution in [0.15, 0.2) is 22.8 Å². The molecule has 2 amide bonds. The summed E-state index contributed by atoms with van der Waals surface area (Å²) in [6.07, 6.45) is 0.150. The van der Waals surface area contributed by atoms with E-state index in [0.717, 1.165) is 16.8 Å². The molecule has 1 aliphatic rings. The van der Waals surface area contributed by atoms with Gasteiger partial charge in [-0.15, -0.1) is 0 Å². The van der Waals surface area contributed by atoms with Crippen LogP contribution in [0.4, 0.5) is 4.39 Å². The number of nitrogens with zero attached hydrogens (tertiary/aromatic N) is 4. The second kappa shape index (κ2) is 8.46. The number of rotatable bonds is 5. The van der Waals surface area contributed by atoms with Crippen molar-refractivity contribution in [1.82, 2.24) is 30.4 Å². The number of likely N-dealkylation sites (N-methyl/N-ethyl adjacent to an activating group) is 1. The van der Waals surface area contributed by atoms with Crippen LogP contribution in [0.1, 0.15) is 22.6 Å². The van der Waals surface area contributed by atoms with Crippen LogP contribution in [-0.4, -0.2) is 69.6 Å². The Morgan fingerprint density at radius 3 is 2.84 bits per heavy atom. The first-order chi connectivity index (χ1) is 14.8. The second-order valence-electron chi connectivity index (χ2n) is 7.95. The normalized spacial score (nSPS) is 17.3. The fraction of sp³-hybridized carbons (Fsp3) is 0.429. The number of benzene rings is 1. The lowest BCUT2D eigenvalue weighted by atomic mass is 10.1. The Morgan fingerprint density at radius 1 is 1.29 bits per heavy atom. The first-order valence-corrected chi connectivity index (χ1v) is 10.1. The van der Waals surface area contributed by atoms with E-state index in [0.29, 0.717) is 29.9 Å². The Bertz CT molecular complexity index is 1120. The molecule has 0 aliphatic carbocycles. The Labute approximate surface area is 178 Å². The van der Waals surface area contributed by atoms with Gasteiger partial charge in [-0.05, 0) is 44.7 Å². The van der Waals surface area contributed by atoms with Crippen molar-refractivity contribution in [3.05, 3.63) is 46.7 Å². The van der Waals surface area contributed by atoms with Crippen LogP contribution in [0, 0.1) is 19.7 Å². The van der Waals surface area contributed by atoms with Crippen molar-refractivity contribution in [2.24, 2.45) is 0 Å². The van der Waals surface area contributed by atoms with Gasteiger partial charge in [0.15, 0.2) is 0 Å². The number of fused-ring (bicyclic) bond motifs is 1. The highest BCUT2D eigenvalue weighted by Gasteiger charge is 2.32. The van der Waals surface area contributed by atoms with Crippen LogP contribution < -0.4 is 5.32 Å². The van der Waals surface area contributed by atoms with Gasteiger partial charge in [-0.25, -0.2) is 9.02 Å². The van der Waals surface area contributed by atoms with E-state index in [-0.39, 0.29) is 37.1 Å². The van der Waals surface area contributed by atoms with E-state index in [9.17, 15) is 14.0 Å². The smallest absolute Gasteiger partial charge is 0.239 e. The van der Waals surface area contributed by atoms with Gasteiger partial charge in [-0.2, -0.15) is 0 Å². The van der Waals surface area contributed by atoms with Crippen molar-refractivity contribution in [2.75, 3.05) is 26.7 Å². The van der Waals surface area contributed by atoms with E-state index in [1.54, 1.807) is 17.9 Å². The van der Waals surface area contributed by atoms with E-state index in [4.69, 9.17) is 0 Å². The maximum atomic E-state index is 13.7. The van der Waals surface area contributed by atoms with Crippen LogP contribution in [-0.2, 0) is 22.6 Å². The average molecular weight is 428 g/mol. The monoisotopic (exact) mass is 428 g/mol. The molecule has 2 N–H and O–H groups in total. The number of H-pyrrole nitrogens is 1. The molecule has 1 saturated heterocycles. The van der Waals surface area contributed by atoms with Crippen LogP contribution in [0.2, 0.25) is 0 Å². The summed E-state index contributed by atoms with van der Waals surface area (Å²) in [7, 11) is 1.86. The highest BCUT2D eigenvalue weighted by atomic mass is 19.1. The highest BCUT2D eigenvalue weighted by molar-refractivity contribution is 5.90. The van der Waals surface area contributed by atoms with Crippen LogP contribution in [0.3, 0.4) is 0 Å². The van der Waals surface area contributed by atoms with Gasteiger partial charge in [0.25, 0.3) is 0 Å². The lowest BCUT2D eigenvalue weighted by Crippen LogP contribution is -2.58. The Morgan fingerprint density at radius 2 is 2.10 bits per heavy atom. The molecule has 0 saturated carbocycles. The van der Waals surface area contributed by atoms with Gasteiger partial charge in [0, 0.05) is 36.2 Å². The van der Waals surface area contributed by atoms with Gasteiger partial charge in [-0.1, -0.05) is 10.3 Å². The Balaban J connectivity index is 1.43. The van der Waals surface area contributed by atoms with E-state index in [2.05, 4.69) is 25.2 Å². The summed E-state index contributed by atoms with van der Waals surface area (Å²) in [5.41, 5.74) is 3.62. The fourth-order valence-corrected chi connectivity index (χ4v) is 3.93. The van der Waals surface area contributed by atoms with Gasteiger partial charge in [0.1, 0.15) is 23.2 Å². The SMILES string of the molecule is Cc1nonc1CNC(=O)C1CN(C(=O)Cc2c(C)[nH]c3ccc(F)cc23)CCN1C. The molecule has 2 aromatic heterocycles. The summed E-state index contributed by atoms with van der Waals surface area (Å²) in [4.78, 5) is 32.6. The largest absolute Gasteiger partial charge is 0.358 e. The number of halogens is 1. The molecular weight excluding hydrogens is 403 g/mol. The zero-order valence-electron chi connectivity index (χ0n) is 17.7. The number of amides is 2. The summed E-state index contributed by atoms with van der Waals surface area (Å²) >= 11 is 0. The standard InChI is InChI=1S/C21H25FN6O3/c1-12-15(16-8-14(22)4-5-17(16)24-12)9-20(29)28-7-6-27(3)19(11-28)21(30)23-10-18-13(2)25-31-26-18/h4-5,8,19,24H,6-7,9-11H2,1-3H3,(H,23,30). The Hall–Kier alpha value is -3.27. The van der Waals surface area contributed by atoms with Gasteiger partial charge in [0.2, 0.25) is 11.8 Å². The molecule has 3 aromatic rings. The van der Waals surface area contributed by atoms with E-state index >= 15 is 0 Å². The molecule has 0 bridgehead atoms. The maximum Gasteiger partial charge on any atom is 0.239 e. The minimum Gasteiger partial charge on any atom is -0.358 e. The van der Waals surface area contributed by atoms with Gasteiger partial charge in [-0.3, -0.25) is 14.5 Å². The third-order valence-electron chi connectivity index (χ3n) is 5.89. The minimum atomic E-state index is -0.473. The molecule has 31 heavy (non-hydrogen) atoms. The van der Waals surface area contributed by atoms with Crippen molar-refractivity contribution in [3.63, 3.8) is 0 Å². The molecule has 1 aromatic carbocycles. The average Bonchev–Trinajstić information content (AvgIpc) is 3.29. The number of aryl methyl sites for hydroxylation is 2. The summed E-state index contributed by atoms with van der Waals surface area (Å²) in [5, 5.41) is 11.0. The van der Waals surface area contributed by atoms with Gasteiger partial charge < -0.3 is 15.2 Å². The lowest BCUT2D eigenvalue weighted by Gasteiger charge is -2.38. The number of hydrogen-bond donors (Lipinski definition) is 2. The second-order valence-corrected chi connectivity index (χ2v) is 7.95. The molecule has 4 rings (SSSR count). The first kappa shape index (κ1) is 21.0. The molecule has 10 heteroatoms. The lowest BCUT2D eigenvalue weighted by molar-refractivity contribution is -0.137. The molecule has 3 heterocycles. The van der Waals surface area contributed by atoms with Crippen LogP contribution in [0.25, 0.3) is 10.9 Å². The molecule has 1 aliphatic heterocycles. The predicted molar refractivity (Wildman–Crippen MR) is 111 cm³/mol. The molecule has 1 unspecified atom stereocenters. The summed E-state index contributed by atoms with van der Waals surface area (Å²) in [6, 6.07) is 4.04. The molecule has 164 valence electrons. The molecule has 1 atom stereocenters. The van der Waals surface area contributed by atoms with Crippen molar-refractivity contribution in [2.45, 2.75) is 32.9 Å². The van der Waals surface area contributed by atoms with Gasteiger partial charge >= 0.3 is 0 Å². The van der Waals surface area contributed by atoms with E-state index in [1.165, 1.54) is 12.1 Å². The molecule has 1 fully saturated rings. The minimum absolute atomic E-state index is 0.0873. The molecule has 9 nitrogen and oxygen atoms in total. The van der Waals surface area contributed by atoms with Crippen LogP contribution >= 0.6 is 0 Å². The quantitative estimate of drug-likeness (QED) is 0.635. The molecule has 0 spiro atoms. The molecular formula is C21H25FN6O3. The fourth-order valence-electron chi connectivity index (χ4n) is 3.93. The third-order valence-corrected chi connectivity index (χ3v) is 5.89. The third kappa shape index (κ3) is 4.29. The number of aromatic amines is 1. The van der Waals surface area contributed by atoms with E-state index in [1.807, 2.05) is 18.9 Å². The van der Waals surface area contributed by atoms with E-state index < -0.39 is 6.04 Å². The van der Waals surface area contributed by atoms with Crippen molar-refractivity contribution < 1.29 is 18.6 Å². The summed E-state index contributed by atoms with van der Waals surface area (Å²) < 4.78 is 18.4. The zero-order valence-corrected chi connectivity index (χ0v) is 17.7. The van der Waals surface area contributed by atoms with Crippen molar-refractivity contribution >= 4 is 22.7 Å². The van der Waals surface area contributed by atoms with Gasteiger partial charge in [0.05, 0.1) is 13.0 Å². The topological polar surface area (TPSA) is 107 Å². The number of nitrogens with one attached hydrogen (secondary N) is 2. The number of carbonyl (C=O) groups excluding carboxylic acids is 2. The summed E-state index contributed by atoms with van der Waals surface area (Å²) in [6.45, 7) is 5.24. The highest BCUT2D eigenvalue weighted by Crippen LogP contribution is 2.24. The number of hydrogen-bond acceptors (Lipinski definition) is 6. The van der Waals surface area contributed by atoms with Crippen molar-refractivity contribution in [1.29, 1.82) is 0 Å². The first-order valence-electron chi connectivity index (χ1n) is 10.1. The Kier molecular flexibility index (Phi) is 5.73. The maximum absolute atomic E-state index is 13.7. The van der Waals surface area contributed by atoms with Crippen LogP contribution in [0.5, 0.6) is 0 Å². The number of carbonyl (C=O) groups is 2. The number of aromatic nitrogens is 3. The summed E-state index contributed by atoms with van der Waals surface area (Å²) in [5.74, 6) is -0.613. The zero-order chi connectivity index (χ0) is 22.1. The number of piperazine rings is 1. The van der Waals surface area contributed by atoms with Crippen molar-refractivity contribution in [3.8, 4) is 0 Å². The predicted octanol–water partition coefficient (Wildman–Crippen LogP) is 1.31.